The van der Waals surface area contributed by atoms with Crippen molar-refractivity contribution in [2.75, 3.05) is 11.9 Å². The molecule has 3 aromatic rings. The lowest BCUT2D eigenvalue weighted by atomic mass is 10.1. The van der Waals surface area contributed by atoms with Gasteiger partial charge in [-0.3, -0.25) is 4.79 Å². The molecule has 1 aliphatic rings. The Morgan fingerprint density at radius 3 is 2.77 bits per heavy atom. The SMILES string of the molecule is O=C(Nc1nccs1)[C@@H]1CCCN1S(=O)(=O)c1ccc2ccccc2c1. The number of anilines is 1. The summed E-state index contributed by atoms with van der Waals surface area (Å²) in [5.41, 5.74) is 0. The summed E-state index contributed by atoms with van der Waals surface area (Å²) in [7, 11) is -3.75. The fourth-order valence-electron chi connectivity index (χ4n) is 3.23. The summed E-state index contributed by atoms with van der Waals surface area (Å²) in [4.78, 5) is 16.8. The van der Waals surface area contributed by atoms with Gasteiger partial charge in [-0.2, -0.15) is 4.31 Å². The number of nitrogens with one attached hydrogen (secondary N) is 1. The Balaban J connectivity index is 1.63. The standard InChI is InChI=1S/C18H17N3O3S2/c22-17(20-18-19-9-11-25-18)16-6-3-10-21(16)26(23,24)15-8-7-13-4-1-2-5-14(13)12-15/h1-2,4-5,7-9,11-12,16H,3,6,10H2,(H,19,20,22)/t16-/m0/s1. The van der Waals surface area contributed by atoms with E-state index >= 15 is 0 Å². The van der Waals surface area contributed by atoms with Crippen LogP contribution in [0, 0.1) is 0 Å². The van der Waals surface area contributed by atoms with Gasteiger partial charge >= 0.3 is 0 Å². The molecule has 1 N–H and O–H groups in total. The number of thiazole rings is 1. The number of aromatic nitrogens is 1. The Labute approximate surface area is 155 Å². The molecule has 8 heteroatoms. The third-order valence-corrected chi connectivity index (χ3v) is 7.09. The van der Waals surface area contributed by atoms with Crippen molar-refractivity contribution in [2.24, 2.45) is 0 Å². The molecule has 1 amide bonds. The van der Waals surface area contributed by atoms with Gasteiger partial charge in [0.25, 0.3) is 0 Å². The number of nitrogens with zero attached hydrogens (tertiary/aromatic N) is 2. The molecule has 1 saturated heterocycles. The summed E-state index contributed by atoms with van der Waals surface area (Å²) >= 11 is 1.31. The first-order valence-corrected chi connectivity index (χ1v) is 10.6. The fourth-order valence-corrected chi connectivity index (χ4v) is 5.45. The molecule has 2 aromatic carbocycles. The number of amides is 1. The van der Waals surface area contributed by atoms with Gasteiger partial charge in [-0.05, 0) is 35.7 Å². The van der Waals surface area contributed by atoms with Crippen LogP contribution in [0.5, 0.6) is 0 Å². The number of carbonyl (C=O) groups excluding carboxylic acids is 1. The van der Waals surface area contributed by atoms with Crippen LogP contribution in [0.2, 0.25) is 0 Å². The van der Waals surface area contributed by atoms with E-state index in [-0.39, 0.29) is 10.8 Å². The van der Waals surface area contributed by atoms with Gasteiger partial charge in [-0.25, -0.2) is 13.4 Å². The van der Waals surface area contributed by atoms with Crippen LogP contribution in [0.3, 0.4) is 0 Å². The van der Waals surface area contributed by atoms with Gasteiger partial charge in [0.1, 0.15) is 6.04 Å². The third kappa shape index (κ3) is 3.11. The van der Waals surface area contributed by atoms with E-state index in [4.69, 9.17) is 0 Å². The van der Waals surface area contributed by atoms with Gasteiger partial charge in [0.05, 0.1) is 4.90 Å². The minimum absolute atomic E-state index is 0.213. The van der Waals surface area contributed by atoms with Crippen molar-refractivity contribution in [3.63, 3.8) is 0 Å². The summed E-state index contributed by atoms with van der Waals surface area (Å²) in [6.45, 7) is 0.338. The molecule has 6 nitrogen and oxygen atoms in total. The van der Waals surface area contributed by atoms with Crippen LogP contribution in [0.25, 0.3) is 10.8 Å². The van der Waals surface area contributed by atoms with Gasteiger partial charge in [-0.1, -0.05) is 30.3 Å². The lowest BCUT2D eigenvalue weighted by Crippen LogP contribution is -2.43. The zero-order valence-corrected chi connectivity index (χ0v) is 15.5. The largest absolute Gasteiger partial charge is 0.301 e. The maximum atomic E-state index is 13.1. The highest BCUT2D eigenvalue weighted by Gasteiger charge is 2.39. The number of hydrogen-bond donors (Lipinski definition) is 1. The summed E-state index contributed by atoms with van der Waals surface area (Å²) in [5, 5.41) is 6.78. The number of sulfonamides is 1. The molecular formula is C18H17N3O3S2. The lowest BCUT2D eigenvalue weighted by Gasteiger charge is -2.23. The molecule has 2 heterocycles. The smallest absolute Gasteiger partial charge is 0.244 e. The van der Waals surface area contributed by atoms with Crippen LogP contribution in [0.4, 0.5) is 5.13 Å². The molecular weight excluding hydrogens is 370 g/mol. The molecule has 0 saturated carbocycles. The van der Waals surface area contributed by atoms with Crippen molar-refractivity contribution in [1.82, 2.24) is 9.29 Å². The van der Waals surface area contributed by atoms with Crippen LogP contribution in [0.15, 0.2) is 58.9 Å². The Bertz CT molecular complexity index is 1050. The van der Waals surface area contributed by atoms with E-state index in [1.54, 1.807) is 29.8 Å². The van der Waals surface area contributed by atoms with Crippen molar-refractivity contribution in [3.05, 3.63) is 54.0 Å². The molecule has 1 aliphatic heterocycles. The number of hydrogen-bond acceptors (Lipinski definition) is 5. The van der Waals surface area contributed by atoms with Gasteiger partial charge in [0.2, 0.25) is 15.9 Å². The van der Waals surface area contributed by atoms with E-state index in [0.717, 1.165) is 10.8 Å². The summed E-state index contributed by atoms with van der Waals surface area (Å²) in [6, 6.07) is 12.0. The van der Waals surface area contributed by atoms with E-state index < -0.39 is 16.1 Å². The molecule has 26 heavy (non-hydrogen) atoms. The quantitative estimate of drug-likeness (QED) is 0.746. The first-order chi connectivity index (χ1) is 12.6. The molecule has 0 unspecified atom stereocenters. The zero-order valence-electron chi connectivity index (χ0n) is 13.8. The first-order valence-electron chi connectivity index (χ1n) is 8.27. The normalized spacial score (nSPS) is 18.2. The maximum absolute atomic E-state index is 13.1. The van der Waals surface area contributed by atoms with Crippen molar-refractivity contribution in [2.45, 2.75) is 23.8 Å². The Morgan fingerprint density at radius 1 is 1.19 bits per heavy atom. The molecule has 1 atom stereocenters. The second kappa shape index (κ2) is 6.79. The van der Waals surface area contributed by atoms with Gasteiger partial charge < -0.3 is 5.32 Å². The van der Waals surface area contributed by atoms with E-state index in [0.29, 0.717) is 24.5 Å². The number of carbonyl (C=O) groups is 1. The molecule has 1 fully saturated rings. The second-order valence-corrected chi connectivity index (χ2v) is 8.89. The van der Waals surface area contributed by atoms with Crippen LogP contribution in [-0.4, -0.2) is 36.2 Å². The third-order valence-electron chi connectivity index (χ3n) is 4.50. The zero-order chi connectivity index (χ0) is 18.1. The molecule has 1 aromatic heterocycles. The summed E-state index contributed by atoms with van der Waals surface area (Å²) in [5.74, 6) is -0.332. The molecule has 134 valence electrons. The van der Waals surface area contributed by atoms with Gasteiger partial charge in [-0.15, -0.1) is 11.3 Å². The highest BCUT2D eigenvalue weighted by molar-refractivity contribution is 7.89. The molecule has 0 radical (unpaired) electrons. The lowest BCUT2D eigenvalue weighted by molar-refractivity contribution is -0.119. The second-order valence-electron chi connectivity index (χ2n) is 6.11. The monoisotopic (exact) mass is 387 g/mol. The Hall–Kier alpha value is -2.29. The van der Waals surface area contributed by atoms with Crippen molar-refractivity contribution < 1.29 is 13.2 Å². The molecule has 0 bridgehead atoms. The number of rotatable bonds is 4. The summed E-state index contributed by atoms with van der Waals surface area (Å²) in [6.07, 6.45) is 2.76. The van der Waals surface area contributed by atoms with E-state index in [2.05, 4.69) is 10.3 Å². The first kappa shape index (κ1) is 17.1. The predicted octanol–water partition coefficient (Wildman–Crippen LogP) is 3.09. The predicted molar refractivity (Wildman–Crippen MR) is 102 cm³/mol. The average molecular weight is 387 g/mol. The number of benzene rings is 2. The Kier molecular flexibility index (Phi) is 4.47. The van der Waals surface area contributed by atoms with Gasteiger partial charge in [0, 0.05) is 18.1 Å². The molecule has 0 aliphatic carbocycles. The van der Waals surface area contributed by atoms with E-state index in [9.17, 15) is 13.2 Å². The number of fused-ring (bicyclic) bond motifs is 1. The highest BCUT2D eigenvalue weighted by Crippen LogP contribution is 2.29. The highest BCUT2D eigenvalue weighted by atomic mass is 32.2. The van der Waals surface area contributed by atoms with Crippen LogP contribution < -0.4 is 5.32 Å². The topological polar surface area (TPSA) is 79.4 Å². The van der Waals surface area contributed by atoms with Crippen LogP contribution in [-0.2, 0) is 14.8 Å². The molecule has 4 rings (SSSR count). The van der Waals surface area contributed by atoms with E-state index in [1.807, 2.05) is 24.3 Å². The average Bonchev–Trinajstić information content (AvgIpc) is 3.33. The fraction of sp³-hybridized carbons (Fsp3) is 0.222. The maximum Gasteiger partial charge on any atom is 0.244 e. The van der Waals surface area contributed by atoms with E-state index in [1.165, 1.54) is 15.6 Å². The van der Waals surface area contributed by atoms with Crippen LogP contribution in [0.1, 0.15) is 12.8 Å². The van der Waals surface area contributed by atoms with Crippen molar-refractivity contribution >= 4 is 43.2 Å². The van der Waals surface area contributed by atoms with Crippen molar-refractivity contribution in [1.29, 1.82) is 0 Å². The Morgan fingerprint density at radius 2 is 2.00 bits per heavy atom. The van der Waals surface area contributed by atoms with Gasteiger partial charge in [0.15, 0.2) is 5.13 Å². The van der Waals surface area contributed by atoms with Crippen LogP contribution >= 0.6 is 11.3 Å². The van der Waals surface area contributed by atoms with Crippen molar-refractivity contribution in [3.8, 4) is 0 Å². The minimum Gasteiger partial charge on any atom is -0.301 e. The molecule has 0 spiro atoms. The minimum atomic E-state index is -3.75. The summed E-state index contributed by atoms with van der Waals surface area (Å²) < 4.78 is 27.6.